The summed E-state index contributed by atoms with van der Waals surface area (Å²) in [5.74, 6) is 0.652. The van der Waals surface area contributed by atoms with Gasteiger partial charge >= 0.3 is 0 Å². The molecule has 0 bridgehead atoms. The second-order valence-electron chi connectivity index (χ2n) is 4.99. The molecular formula is C13H18ClN3O2. The molecule has 1 amide bonds. The van der Waals surface area contributed by atoms with Crippen LogP contribution in [-0.4, -0.2) is 33.6 Å². The van der Waals surface area contributed by atoms with Crippen LogP contribution in [0, 0.1) is 12.8 Å². The molecule has 1 aromatic heterocycles. The first-order chi connectivity index (χ1) is 9.10. The monoisotopic (exact) mass is 283 g/mol. The van der Waals surface area contributed by atoms with Crippen LogP contribution in [0.3, 0.4) is 0 Å². The summed E-state index contributed by atoms with van der Waals surface area (Å²) in [5.41, 5.74) is 0.235. The lowest BCUT2D eigenvalue weighted by Crippen LogP contribution is -2.38. The van der Waals surface area contributed by atoms with Gasteiger partial charge in [0.2, 0.25) is 0 Å². The number of rotatable bonds is 3. The van der Waals surface area contributed by atoms with Crippen molar-refractivity contribution in [1.82, 2.24) is 15.3 Å². The van der Waals surface area contributed by atoms with Crippen molar-refractivity contribution in [1.29, 1.82) is 0 Å². The summed E-state index contributed by atoms with van der Waals surface area (Å²) in [7, 11) is 0. The van der Waals surface area contributed by atoms with E-state index in [9.17, 15) is 4.79 Å². The molecule has 1 saturated carbocycles. The van der Waals surface area contributed by atoms with E-state index >= 15 is 0 Å². The van der Waals surface area contributed by atoms with Gasteiger partial charge in [-0.05, 0) is 38.5 Å². The molecule has 1 aromatic rings. The Kier molecular flexibility index (Phi) is 4.71. The third kappa shape index (κ3) is 3.64. The molecule has 0 aliphatic heterocycles. The molecule has 1 heterocycles. The Morgan fingerprint density at radius 2 is 2.16 bits per heavy atom. The Balaban J connectivity index is 1.96. The van der Waals surface area contributed by atoms with E-state index in [0.29, 0.717) is 11.7 Å². The van der Waals surface area contributed by atoms with Gasteiger partial charge < -0.3 is 10.4 Å². The quantitative estimate of drug-likeness (QED) is 0.886. The Morgan fingerprint density at radius 1 is 1.47 bits per heavy atom. The third-order valence-corrected chi connectivity index (χ3v) is 3.80. The zero-order valence-electron chi connectivity index (χ0n) is 10.9. The number of nitrogens with zero attached hydrogens (tertiary/aromatic N) is 2. The van der Waals surface area contributed by atoms with Crippen LogP contribution in [0.25, 0.3) is 0 Å². The van der Waals surface area contributed by atoms with Crippen LogP contribution in [-0.2, 0) is 0 Å². The lowest BCUT2D eigenvalue weighted by molar-refractivity contribution is 0.0908. The maximum atomic E-state index is 12.1. The summed E-state index contributed by atoms with van der Waals surface area (Å²) in [5, 5.41) is 12.3. The first-order valence-electron chi connectivity index (χ1n) is 6.51. The van der Waals surface area contributed by atoms with Gasteiger partial charge in [-0.3, -0.25) is 4.79 Å². The molecule has 1 aliphatic carbocycles. The normalized spacial score (nSPS) is 23.1. The van der Waals surface area contributed by atoms with Crippen molar-refractivity contribution in [3.63, 3.8) is 0 Å². The minimum atomic E-state index is -0.247. The molecule has 5 nitrogen and oxygen atoms in total. The number of carbonyl (C=O) groups is 1. The van der Waals surface area contributed by atoms with Crippen LogP contribution in [0.1, 0.15) is 42.0 Å². The molecule has 0 atom stereocenters. The van der Waals surface area contributed by atoms with Gasteiger partial charge in [-0.15, -0.1) is 0 Å². The lowest BCUT2D eigenvalue weighted by atomic mass is 9.86. The van der Waals surface area contributed by atoms with Crippen LogP contribution < -0.4 is 5.32 Å². The zero-order chi connectivity index (χ0) is 13.8. The number of carbonyl (C=O) groups excluding carboxylic acids is 1. The van der Waals surface area contributed by atoms with Crippen LogP contribution in [0.2, 0.25) is 5.02 Å². The van der Waals surface area contributed by atoms with Gasteiger partial charge in [0, 0.05) is 12.6 Å². The average Bonchev–Trinajstić information content (AvgIpc) is 2.42. The van der Waals surface area contributed by atoms with Gasteiger partial charge in [0.15, 0.2) is 0 Å². The zero-order valence-corrected chi connectivity index (χ0v) is 11.7. The molecule has 104 valence electrons. The van der Waals surface area contributed by atoms with Gasteiger partial charge in [-0.25, -0.2) is 9.97 Å². The maximum Gasteiger partial charge on any atom is 0.271 e. The topological polar surface area (TPSA) is 75.1 Å². The number of hydrogen-bond acceptors (Lipinski definition) is 4. The molecule has 2 N–H and O–H groups in total. The van der Waals surface area contributed by atoms with Crippen LogP contribution in [0.15, 0.2) is 6.20 Å². The predicted molar refractivity (Wildman–Crippen MR) is 72.1 cm³/mol. The number of aliphatic hydroxyl groups is 1. The van der Waals surface area contributed by atoms with Crippen molar-refractivity contribution in [3.05, 3.63) is 22.7 Å². The van der Waals surface area contributed by atoms with Crippen molar-refractivity contribution >= 4 is 17.5 Å². The molecule has 0 spiro atoms. The highest BCUT2D eigenvalue weighted by Crippen LogP contribution is 2.24. The van der Waals surface area contributed by atoms with Crippen molar-refractivity contribution in [2.45, 2.75) is 38.6 Å². The van der Waals surface area contributed by atoms with Gasteiger partial charge in [-0.1, -0.05) is 11.6 Å². The van der Waals surface area contributed by atoms with E-state index in [2.05, 4.69) is 15.3 Å². The van der Waals surface area contributed by atoms with Crippen molar-refractivity contribution in [2.24, 2.45) is 5.92 Å². The summed E-state index contributed by atoms with van der Waals surface area (Å²) < 4.78 is 0. The SMILES string of the molecule is Cc1ncc(Cl)c(C(=O)NC2CCC(CO)CC2)n1. The highest BCUT2D eigenvalue weighted by atomic mass is 35.5. The molecule has 2 rings (SSSR count). The highest BCUT2D eigenvalue weighted by molar-refractivity contribution is 6.33. The van der Waals surface area contributed by atoms with Crippen molar-refractivity contribution < 1.29 is 9.90 Å². The van der Waals surface area contributed by atoms with Gasteiger partial charge in [0.05, 0.1) is 11.2 Å². The molecule has 0 saturated heterocycles. The number of aromatic nitrogens is 2. The Morgan fingerprint density at radius 3 is 2.79 bits per heavy atom. The lowest BCUT2D eigenvalue weighted by Gasteiger charge is -2.27. The van der Waals surface area contributed by atoms with E-state index < -0.39 is 0 Å². The number of aliphatic hydroxyl groups excluding tert-OH is 1. The highest BCUT2D eigenvalue weighted by Gasteiger charge is 2.23. The first kappa shape index (κ1) is 14.2. The standard InChI is InChI=1S/C13H18ClN3O2/c1-8-15-6-11(14)12(16-8)13(19)17-10-4-2-9(7-18)3-5-10/h6,9-10,18H,2-5,7H2,1H3,(H,17,19). The fourth-order valence-corrected chi connectivity index (χ4v) is 2.53. The molecule has 6 heteroatoms. The molecule has 1 aliphatic rings. The number of halogens is 1. The van der Waals surface area contributed by atoms with Crippen LogP contribution in [0.5, 0.6) is 0 Å². The van der Waals surface area contributed by atoms with E-state index in [4.69, 9.17) is 16.7 Å². The molecule has 19 heavy (non-hydrogen) atoms. The van der Waals surface area contributed by atoms with Gasteiger partial charge in [-0.2, -0.15) is 0 Å². The fourth-order valence-electron chi connectivity index (χ4n) is 2.36. The predicted octanol–water partition coefficient (Wildman–Crippen LogP) is 1.72. The molecule has 1 fully saturated rings. The van der Waals surface area contributed by atoms with Crippen molar-refractivity contribution in [2.75, 3.05) is 6.61 Å². The summed E-state index contributed by atoms with van der Waals surface area (Å²) in [6.45, 7) is 1.96. The Hall–Kier alpha value is -1.20. The van der Waals surface area contributed by atoms with Gasteiger partial charge in [0.1, 0.15) is 11.5 Å². The number of amides is 1. The van der Waals surface area contributed by atoms with E-state index in [0.717, 1.165) is 25.7 Å². The molecule has 0 aromatic carbocycles. The smallest absolute Gasteiger partial charge is 0.271 e. The van der Waals surface area contributed by atoms with E-state index in [1.807, 2.05) is 0 Å². The third-order valence-electron chi connectivity index (χ3n) is 3.52. The largest absolute Gasteiger partial charge is 0.396 e. The van der Waals surface area contributed by atoms with Crippen LogP contribution in [0.4, 0.5) is 0 Å². The number of hydrogen-bond donors (Lipinski definition) is 2. The second kappa shape index (κ2) is 6.30. The molecule has 0 unspecified atom stereocenters. The Labute approximate surface area is 117 Å². The maximum absolute atomic E-state index is 12.1. The molecular weight excluding hydrogens is 266 g/mol. The van der Waals surface area contributed by atoms with Crippen molar-refractivity contribution in [3.8, 4) is 0 Å². The second-order valence-corrected chi connectivity index (χ2v) is 5.39. The van der Waals surface area contributed by atoms with E-state index in [1.165, 1.54) is 6.20 Å². The summed E-state index contributed by atoms with van der Waals surface area (Å²) in [6, 6.07) is 0.140. The summed E-state index contributed by atoms with van der Waals surface area (Å²) in [6.07, 6.45) is 5.11. The fraction of sp³-hybridized carbons (Fsp3) is 0.615. The average molecular weight is 284 g/mol. The minimum absolute atomic E-state index is 0.140. The number of nitrogens with one attached hydrogen (secondary N) is 1. The summed E-state index contributed by atoms with van der Waals surface area (Å²) >= 11 is 5.94. The molecule has 0 radical (unpaired) electrons. The minimum Gasteiger partial charge on any atom is -0.396 e. The van der Waals surface area contributed by atoms with E-state index in [-0.39, 0.29) is 29.3 Å². The summed E-state index contributed by atoms with van der Waals surface area (Å²) in [4.78, 5) is 20.1. The van der Waals surface area contributed by atoms with E-state index in [1.54, 1.807) is 6.92 Å². The van der Waals surface area contributed by atoms with Crippen LogP contribution >= 0.6 is 11.6 Å². The Bertz CT molecular complexity index is 459. The number of aryl methyl sites for hydroxylation is 1. The first-order valence-corrected chi connectivity index (χ1v) is 6.88. The van der Waals surface area contributed by atoms with Gasteiger partial charge in [0.25, 0.3) is 5.91 Å².